The molecule has 0 unspecified atom stereocenters. The lowest BCUT2D eigenvalue weighted by Crippen LogP contribution is -1.94. The van der Waals surface area contributed by atoms with Crippen LogP contribution in [0.15, 0.2) is 0 Å². The Morgan fingerprint density at radius 1 is 1.18 bits per heavy atom. The molecule has 0 aromatic heterocycles. The van der Waals surface area contributed by atoms with Gasteiger partial charge in [-0.2, -0.15) is 0 Å². The van der Waals surface area contributed by atoms with E-state index >= 15 is 0 Å². The van der Waals surface area contributed by atoms with Crippen LogP contribution >= 0.6 is 18.2 Å². The van der Waals surface area contributed by atoms with Crippen LogP contribution in [0.4, 0.5) is 0 Å². The second-order valence-electron chi connectivity index (χ2n) is 1.39. The SMILES string of the molecule is CCOOP(=O)(Cl)OOCC. The maximum atomic E-state index is 10.8. The largest absolute Gasteiger partial charge is 0.478 e. The van der Waals surface area contributed by atoms with Gasteiger partial charge in [0.2, 0.25) is 0 Å². The third-order valence-corrected chi connectivity index (χ3v) is 1.42. The Kier molecular flexibility index (Phi) is 6.14. The summed E-state index contributed by atoms with van der Waals surface area (Å²) in [5.74, 6) is 0. The molecule has 68 valence electrons. The molecule has 0 saturated carbocycles. The van der Waals surface area contributed by atoms with Crippen LogP contribution in [0, 0.1) is 0 Å². The first-order chi connectivity index (χ1) is 5.12. The molecular weight excluding hydrogens is 194 g/mol. The smallest absolute Gasteiger partial charge is 0.236 e. The van der Waals surface area contributed by atoms with Gasteiger partial charge in [-0.1, -0.05) is 0 Å². The lowest BCUT2D eigenvalue weighted by molar-refractivity contribution is -0.258. The fraction of sp³-hybridized carbons (Fsp3) is 1.00. The van der Waals surface area contributed by atoms with Crippen molar-refractivity contribution in [1.82, 2.24) is 0 Å². The molecule has 0 rings (SSSR count). The first-order valence-electron chi connectivity index (χ1n) is 3.04. The minimum absolute atomic E-state index is 0.228. The van der Waals surface area contributed by atoms with Gasteiger partial charge in [-0.05, 0) is 13.8 Å². The topological polar surface area (TPSA) is 54.0 Å². The number of hydrogen-bond donors (Lipinski definition) is 0. The third-order valence-electron chi connectivity index (χ3n) is 0.519. The van der Waals surface area contributed by atoms with E-state index in [-0.39, 0.29) is 13.2 Å². The molecule has 0 heterocycles. The van der Waals surface area contributed by atoms with Crippen molar-refractivity contribution in [3.63, 3.8) is 0 Å². The molecule has 7 heteroatoms. The van der Waals surface area contributed by atoms with Gasteiger partial charge in [0.15, 0.2) is 0 Å². The molecule has 0 spiro atoms. The van der Waals surface area contributed by atoms with Crippen LogP contribution < -0.4 is 0 Å². The second-order valence-corrected chi connectivity index (χ2v) is 3.79. The van der Waals surface area contributed by atoms with E-state index in [1.807, 2.05) is 0 Å². The van der Waals surface area contributed by atoms with Gasteiger partial charge >= 0.3 is 6.95 Å². The van der Waals surface area contributed by atoms with Crippen LogP contribution in [0.5, 0.6) is 0 Å². The van der Waals surface area contributed by atoms with Crippen molar-refractivity contribution in [2.24, 2.45) is 0 Å². The number of halogens is 1. The van der Waals surface area contributed by atoms with E-state index in [0.29, 0.717) is 0 Å². The van der Waals surface area contributed by atoms with Crippen LogP contribution in [-0.4, -0.2) is 13.2 Å². The maximum Gasteiger partial charge on any atom is 0.478 e. The molecule has 0 saturated heterocycles. The monoisotopic (exact) mass is 204 g/mol. The van der Waals surface area contributed by atoms with E-state index in [0.717, 1.165) is 0 Å². The van der Waals surface area contributed by atoms with Gasteiger partial charge in [0, 0.05) is 11.2 Å². The molecule has 0 aromatic rings. The highest BCUT2D eigenvalue weighted by atomic mass is 35.7. The van der Waals surface area contributed by atoms with Crippen molar-refractivity contribution in [1.29, 1.82) is 0 Å². The molecule has 0 radical (unpaired) electrons. The Balaban J connectivity index is 3.53. The Bertz CT molecular complexity index is 128. The fourth-order valence-corrected chi connectivity index (χ4v) is 0.970. The Labute approximate surface area is 69.7 Å². The zero-order valence-corrected chi connectivity index (χ0v) is 7.93. The molecule has 0 amide bonds. The summed E-state index contributed by atoms with van der Waals surface area (Å²) < 4.78 is 19.1. The highest BCUT2D eigenvalue weighted by molar-refractivity contribution is 7.81. The highest BCUT2D eigenvalue weighted by Gasteiger charge is 2.23. The molecule has 0 fully saturated rings. The van der Waals surface area contributed by atoms with Crippen molar-refractivity contribution in [2.45, 2.75) is 13.8 Å². The highest BCUT2D eigenvalue weighted by Crippen LogP contribution is 2.53. The molecule has 11 heavy (non-hydrogen) atoms. The van der Waals surface area contributed by atoms with Crippen molar-refractivity contribution in [2.75, 3.05) is 13.2 Å². The Morgan fingerprint density at radius 3 is 1.82 bits per heavy atom. The minimum Gasteiger partial charge on any atom is -0.236 e. The van der Waals surface area contributed by atoms with E-state index in [1.165, 1.54) is 0 Å². The summed E-state index contributed by atoms with van der Waals surface area (Å²) in [6, 6.07) is 0. The summed E-state index contributed by atoms with van der Waals surface area (Å²) in [7, 11) is 0. The molecule has 0 aliphatic rings. The lowest BCUT2D eigenvalue weighted by Gasteiger charge is -2.06. The van der Waals surface area contributed by atoms with Crippen LogP contribution in [0.3, 0.4) is 0 Å². The van der Waals surface area contributed by atoms with Crippen molar-refractivity contribution < 1.29 is 23.7 Å². The van der Waals surface area contributed by atoms with Crippen molar-refractivity contribution in [3.05, 3.63) is 0 Å². The Hall–Kier alpha value is 0.360. The van der Waals surface area contributed by atoms with Gasteiger partial charge in [0.1, 0.15) is 0 Å². The molecule has 0 bridgehead atoms. The van der Waals surface area contributed by atoms with Gasteiger partial charge in [0.25, 0.3) is 0 Å². The molecule has 0 aliphatic heterocycles. The second kappa shape index (κ2) is 5.94. The minimum atomic E-state index is -3.70. The van der Waals surface area contributed by atoms with Crippen molar-refractivity contribution >= 4 is 18.2 Å². The van der Waals surface area contributed by atoms with Gasteiger partial charge in [0.05, 0.1) is 13.2 Å². The standard InChI is InChI=1S/C4H10ClO5P/c1-3-7-9-11(5,6)10-8-4-2/h3-4H2,1-2H3. The quantitative estimate of drug-likeness (QED) is 0.377. The van der Waals surface area contributed by atoms with E-state index < -0.39 is 6.95 Å². The number of hydrogen-bond acceptors (Lipinski definition) is 5. The maximum absolute atomic E-state index is 10.8. The first kappa shape index (κ1) is 11.4. The summed E-state index contributed by atoms with van der Waals surface area (Å²) in [6.07, 6.45) is 0. The Morgan fingerprint density at radius 2 is 1.55 bits per heavy atom. The van der Waals surface area contributed by atoms with Crippen molar-refractivity contribution in [3.8, 4) is 0 Å². The normalized spacial score (nSPS) is 11.9. The summed E-state index contributed by atoms with van der Waals surface area (Å²) in [6.45, 7) is 0.0597. The van der Waals surface area contributed by atoms with Gasteiger partial charge in [-0.25, -0.2) is 14.3 Å². The summed E-state index contributed by atoms with van der Waals surface area (Å²) in [4.78, 5) is 8.59. The van der Waals surface area contributed by atoms with Crippen LogP contribution in [0.1, 0.15) is 13.8 Å². The van der Waals surface area contributed by atoms with Crippen LogP contribution in [0.25, 0.3) is 0 Å². The van der Waals surface area contributed by atoms with E-state index in [4.69, 9.17) is 11.2 Å². The van der Waals surface area contributed by atoms with E-state index in [1.54, 1.807) is 13.8 Å². The van der Waals surface area contributed by atoms with Gasteiger partial charge in [-0.15, -0.1) is 9.35 Å². The van der Waals surface area contributed by atoms with Crippen LogP contribution in [0.2, 0.25) is 0 Å². The lowest BCUT2D eigenvalue weighted by atomic mass is 10.9. The molecule has 0 aromatic carbocycles. The van der Waals surface area contributed by atoms with E-state index in [2.05, 4.69) is 19.1 Å². The van der Waals surface area contributed by atoms with Gasteiger partial charge in [-0.3, -0.25) is 0 Å². The fourth-order valence-electron chi connectivity index (χ4n) is 0.244. The predicted molar refractivity (Wildman–Crippen MR) is 38.9 cm³/mol. The zero-order chi connectivity index (χ0) is 8.74. The zero-order valence-electron chi connectivity index (χ0n) is 6.28. The average molecular weight is 205 g/mol. The predicted octanol–water partition coefficient (Wildman–Crippen LogP) is 2.27. The summed E-state index contributed by atoms with van der Waals surface area (Å²) in [5, 5.41) is 0. The summed E-state index contributed by atoms with van der Waals surface area (Å²) >= 11 is 5.15. The molecular formula is C4H10ClO5P. The van der Waals surface area contributed by atoms with Crippen LogP contribution in [-0.2, 0) is 23.7 Å². The van der Waals surface area contributed by atoms with Gasteiger partial charge < -0.3 is 0 Å². The third kappa shape index (κ3) is 6.75. The first-order valence-corrected chi connectivity index (χ1v) is 5.49. The molecule has 5 nitrogen and oxygen atoms in total. The number of rotatable bonds is 6. The van der Waals surface area contributed by atoms with E-state index in [9.17, 15) is 4.57 Å². The molecule has 0 N–H and O–H groups in total. The summed E-state index contributed by atoms with van der Waals surface area (Å²) in [5.41, 5.74) is 0. The molecule has 0 atom stereocenters. The molecule has 0 aliphatic carbocycles. The average Bonchev–Trinajstić information content (AvgIpc) is 1.97.